The smallest absolute Gasteiger partial charge is 0.350 e. The first-order chi connectivity index (χ1) is 13.4. The van der Waals surface area contributed by atoms with Gasteiger partial charge >= 0.3 is 11.6 Å². The molecule has 28 heavy (non-hydrogen) atoms. The zero-order chi connectivity index (χ0) is 20.3. The van der Waals surface area contributed by atoms with Gasteiger partial charge in [0.1, 0.15) is 18.1 Å². The second kappa shape index (κ2) is 8.34. The zero-order valence-corrected chi connectivity index (χ0v) is 15.7. The number of carbonyl (C=O) groups excluding carboxylic acids is 1. The van der Waals surface area contributed by atoms with Crippen LogP contribution >= 0.6 is 0 Å². The maximum atomic E-state index is 13.8. The average Bonchev–Trinajstić information content (AvgIpc) is 3.14. The normalized spacial score (nSPS) is 16.0. The standard InChI is InChI=1S/C18H22FN5O4/c1-13(23-12-16(24(26)27)17(20-23)28-2)18(25)22-9-7-21(8-10-22)11-14-5-3-4-6-15(14)19/h3-6,12-13H,7-11H2,1-2H3. The predicted octanol–water partition coefficient (Wildman–Crippen LogP) is 1.84. The molecule has 1 unspecified atom stereocenters. The third kappa shape index (κ3) is 4.11. The van der Waals surface area contributed by atoms with E-state index in [0.29, 0.717) is 38.3 Å². The van der Waals surface area contributed by atoms with Gasteiger partial charge in [-0.05, 0) is 13.0 Å². The Morgan fingerprint density at radius 2 is 2.00 bits per heavy atom. The molecule has 1 saturated heterocycles. The van der Waals surface area contributed by atoms with E-state index in [2.05, 4.69) is 10.00 Å². The maximum Gasteiger partial charge on any atom is 0.350 e. The van der Waals surface area contributed by atoms with Crippen LogP contribution in [0, 0.1) is 15.9 Å². The molecule has 0 saturated carbocycles. The minimum atomic E-state index is -0.694. The third-order valence-electron chi connectivity index (χ3n) is 4.86. The van der Waals surface area contributed by atoms with E-state index in [1.807, 2.05) is 0 Å². The van der Waals surface area contributed by atoms with E-state index in [1.54, 1.807) is 30.0 Å². The number of piperazine rings is 1. The summed E-state index contributed by atoms with van der Waals surface area (Å²) in [5, 5.41) is 15.0. The Bertz CT molecular complexity index is 863. The average molecular weight is 391 g/mol. The van der Waals surface area contributed by atoms with E-state index in [0.717, 1.165) is 0 Å². The molecule has 0 aliphatic carbocycles. The van der Waals surface area contributed by atoms with Crippen LogP contribution in [0.15, 0.2) is 30.5 Å². The monoisotopic (exact) mass is 391 g/mol. The topological polar surface area (TPSA) is 93.7 Å². The van der Waals surface area contributed by atoms with Crippen molar-refractivity contribution in [1.29, 1.82) is 0 Å². The van der Waals surface area contributed by atoms with Crippen LogP contribution < -0.4 is 4.74 Å². The van der Waals surface area contributed by atoms with Gasteiger partial charge < -0.3 is 9.64 Å². The van der Waals surface area contributed by atoms with Crippen LogP contribution in [-0.2, 0) is 11.3 Å². The fraction of sp³-hybridized carbons (Fsp3) is 0.444. The summed E-state index contributed by atoms with van der Waals surface area (Å²) < 4.78 is 20.0. The summed E-state index contributed by atoms with van der Waals surface area (Å²) in [6.45, 7) is 4.37. The van der Waals surface area contributed by atoms with Gasteiger partial charge in [-0.1, -0.05) is 18.2 Å². The number of halogens is 1. The largest absolute Gasteiger partial charge is 0.475 e. The number of carbonyl (C=O) groups is 1. The van der Waals surface area contributed by atoms with E-state index in [-0.39, 0.29) is 23.3 Å². The lowest BCUT2D eigenvalue weighted by Crippen LogP contribution is -2.50. The fourth-order valence-corrected chi connectivity index (χ4v) is 3.21. The van der Waals surface area contributed by atoms with Crippen molar-refractivity contribution in [3.05, 3.63) is 52.0 Å². The minimum absolute atomic E-state index is 0.126. The van der Waals surface area contributed by atoms with Crippen molar-refractivity contribution in [2.45, 2.75) is 19.5 Å². The van der Waals surface area contributed by atoms with Crippen LogP contribution in [-0.4, -0.2) is 63.7 Å². The maximum absolute atomic E-state index is 13.8. The Kier molecular flexibility index (Phi) is 5.88. The molecule has 1 aromatic carbocycles. The molecular weight excluding hydrogens is 369 g/mol. The Morgan fingerprint density at radius 3 is 2.57 bits per heavy atom. The van der Waals surface area contributed by atoms with Crippen LogP contribution in [0.25, 0.3) is 0 Å². The number of methoxy groups -OCH3 is 1. The molecule has 3 rings (SSSR count). The Balaban J connectivity index is 1.60. The molecule has 150 valence electrons. The quantitative estimate of drug-likeness (QED) is 0.551. The number of rotatable bonds is 6. The summed E-state index contributed by atoms with van der Waals surface area (Å²) in [5.74, 6) is -0.534. The number of benzene rings is 1. The first kappa shape index (κ1) is 19.7. The van der Waals surface area contributed by atoms with Crippen molar-refractivity contribution in [3.8, 4) is 5.88 Å². The van der Waals surface area contributed by atoms with Gasteiger partial charge in [0, 0.05) is 38.3 Å². The second-order valence-corrected chi connectivity index (χ2v) is 6.63. The lowest BCUT2D eigenvalue weighted by Gasteiger charge is -2.36. The first-order valence-electron chi connectivity index (χ1n) is 8.92. The zero-order valence-electron chi connectivity index (χ0n) is 15.7. The van der Waals surface area contributed by atoms with Crippen molar-refractivity contribution in [1.82, 2.24) is 19.6 Å². The molecule has 0 bridgehead atoms. The summed E-state index contributed by atoms with van der Waals surface area (Å²) in [6.07, 6.45) is 1.20. The van der Waals surface area contributed by atoms with Crippen LogP contribution in [0.5, 0.6) is 5.88 Å². The molecule has 1 amide bonds. The fourth-order valence-electron chi connectivity index (χ4n) is 3.21. The van der Waals surface area contributed by atoms with Gasteiger partial charge in [-0.3, -0.25) is 19.8 Å². The molecule has 0 spiro atoms. The molecule has 1 atom stereocenters. The lowest BCUT2D eigenvalue weighted by atomic mass is 10.1. The molecule has 10 heteroatoms. The number of amides is 1. The summed E-state index contributed by atoms with van der Waals surface area (Å²) in [7, 11) is 1.29. The molecule has 2 aromatic rings. The second-order valence-electron chi connectivity index (χ2n) is 6.63. The van der Waals surface area contributed by atoms with Gasteiger partial charge in [0.2, 0.25) is 5.91 Å². The van der Waals surface area contributed by atoms with Crippen molar-refractivity contribution in [2.75, 3.05) is 33.3 Å². The van der Waals surface area contributed by atoms with Gasteiger partial charge in [0.25, 0.3) is 0 Å². The Hall–Kier alpha value is -3.01. The van der Waals surface area contributed by atoms with Crippen LogP contribution in [0.3, 0.4) is 0 Å². The number of hydrogen-bond acceptors (Lipinski definition) is 6. The lowest BCUT2D eigenvalue weighted by molar-refractivity contribution is -0.385. The predicted molar refractivity (Wildman–Crippen MR) is 98.4 cm³/mol. The van der Waals surface area contributed by atoms with E-state index in [9.17, 15) is 19.3 Å². The highest BCUT2D eigenvalue weighted by molar-refractivity contribution is 5.80. The van der Waals surface area contributed by atoms with E-state index in [4.69, 9.17) is 4.74 Å². The molecule has 1 aromatic heterocycles. The highest BCUT2D eigenvalue weighted by Gasteiger charge is 2.29. The van der Waals surface area contributed by atoms with Gasteiger partial charge in [0.15, 0.2) is 0 Å². The SMILES string of the molecule is COc1nn(C(C)C(=O)N2CCN(Cc3ccccc3F)CC2)cc1[N+](=O)[O-]. The molecule has 9 nitrogen and oxygen atoms in total. The van der Waals surface area contributed by atoms with Gasteiger partial charge in [0.05, 0.1) is 12.0 Å². The van der Waals surface area contributed by atoms with Crippen molar-refractivity contribution >= 4 is 11.6 Å². The molecule has 1 aliphatic rings. The van der Waals surface area contributed by atoms with Crippen LogP contribution in [0.4, 0.5) is 10.1 Å². The molecule has 0 radical (unpaired) electrons. The number of nitro groups is 1. The van der Waals surface area contributed by atoms with E-state index >= 15 is 0 Å². The van der Waals surface area contributed by atoms with Gasteiger partial charge in [-0.2, -0.15) is 0 Å². The highest BCUT2D eigenvalue weighted by Crippen LogP contribution is 2.26. The number of ether oxygens (including phenoxy) is 1. The molecular formula is C18H22FN5O4. The first-order valence-corrected chi connectivity index (χ1v) is 8.92. The highest BCUT2D eigenvalue weighted by atomic mass is 19.1. The Morgan fingerprint density at radius 1 is 1.32 bits per heavy atom. The van der Waals surface area contributed by atoms with Crippen LogP contribution in [0.2, 0.25) is 0 Å². The molecule has 0 N–H and O–H groups in total. The third-order valence-corrected chi connectivity index (χ3v) is 4.86. The van der Waals surface area contributed by atoms with Crippen molar-refractivity contribution in [2.24, 2.45) is 0 Å². The number of nitrogens with zero attached hydrogens (tertiary/aromatic N) is 5. The summed E-state index contributed by atoms with van der Waals surface area (Å²) in [4.78, 5) is 27.0. The van der Waals surface area contributed by atoms with Gasteiger partial charge in [-0.25, -0.2) is 9.07 Å². The summed E-state index contributed by atoms with van der Waals surface area (Å²) in [6, 6.07) is 5.96. The van der Waals surface area contributed by atoms with Crippen molar-refractivity contribution in [3.63, 3.8) is 0 Å². The summed E-state index contributed by atoms with van der Waals surface area (Å²) in [5.41, 5.74) is 0.350. The van der Waals surface area contributed by atoms with Crippen molar-refractivity contribution < 1.29 is 18.8 Å². The van der Waals surface area contributed by atoms with Crippen LogP contribution in [0.1, 0.15) is 18.5 Å². The minimum Gasteiger partial charge on any atom is -0.475 e. The molecule has 1 fully saturated rings. The van der Waals surface area contributed by atoms with Gasteiger partial charge in [-0.15, -0.1) is 5.10 Å². The molecule has 2 heterocycles. The van der Waals surface area contributed by atoms with E-state index < -0.39 is 11.0 Å². The molecule has 1 aliphatic heterocycles. The number of hydrogen-bond donors (Lipinski definition) is 0. The number of aromatic nitrogens is 2. The summed E-state index contributed by atoms with van der Waals surface area (Å²) >= 11 is 0. The Labute approximate surface area is 161 Å². The van der Waals surface area contributed by atoms with E-state index in [1.165, 1.54) is 24.1 Å².